The third kappa shape index (κ3) is 5.36. The third-order valence-electron chi connectivity index (χ3n) is 3.73. The van der Waals surface area contributed by atoms with Crippen molar-refractivity contribution in [3.05, 3.63) is 29.8 Å². The lowest BCUT2D eigenvalue weighted by atomic mass is 10.0. The molecule has 0 fully saturated rings. The van der Waals surface area contributed by atoms with E-state index >= 15 is 0 Å². The first-order valence-corrected chi connectivity index (χ1v) is 11.1. The summed E-state index contributed by atoms with van der Waals surface area (Å²) in [5.41, 5.74) is 1.05. The number of rotatable bonds is 8. The lowest BCUT2D eigenvalue weighted by Crippen LogP contribution is -2.33. The monoisotopic (exact) mass is 395 g/mol. The number of fused-ring (bicyclic) bond motifs is 1. The van der Waals surface area contributed by atoms with Crippen LogP contribution >= 0.6 is 34.9 Å². The predicted molar refractivity (Wildman–Crippen MR) is 104 cm³/mol. The van der Waals surface area contributed by atoms with Crippen LogP contribution in [0.4, 0.5) is 0 Å². The van der Waals surface area contributed by atoms with Gasteiger partial charge >= 0.3 is 0 Å². The molecular formula is C17H21N3O2S3. The summed E-state index contributed by atoms with van der Waals surface area (Å²) in [7, 11) is 0. The van der Waals surface area contributed by atoms with Gasteiger partial charge in [0.15, 0.2) is 8.68 Å². The fourth-order valence-corrected chi connectivity index (χ4v) is 5.46. The minimum atomic E-state index is 0.0158. The number of para-hydroxylation sites is 1. The van der Waals surface area contributed by atoms with E-state index in [1.165, 1.54) is 24.6 Å². The summed E-state index contributed by atoms with van der Waals surface area (Å²) in [5, 5.41) is 11.4. The number of nitrogens with one attached hydrogen (secondary N) is 1. The van der Waals surface area contributed by atoms with E-state index in [9.17, 15) is 4.79 Å². The second kappa shape index (κ2) is 9.45. The van der Waals surface area contributed by atoms with Gasteiger partial charge in [0.1, 0.15) is 5.75 Å². The quantitative estimate of drug-likeness (QED) is 0.535. The highest BCUT2D eigenvalue weighted by Crippen LogP contribution is 2.32. The Morgan fingerprint density at radius 3 is 2.96 bits per heavy atom. The Morgan fingerprint density at radius 1 is 1.32 bits per heavy atom. The highest BCUT2D eigenvalue weighted by Gasteiger charge is 2.22. The van der Waals surface area contributed by atoms with Crippen LogP contribution in [-0.4, -0.2) is 34.2 Å². The lowest BCUT2D eigenvalue weighted by molar-refractivity contribution is -0.119. The smallest absolute Gasteiger partial charge is 0.230 e. The molecule has 134 valence electrons. The molecule has 0 bridgehead atoms. The molecule has 2 aromatic rings. The maximum Gasteiger partial charge on any atom is 0.230 e. The Labute approximate surface area is 160 Å². The number of hydrogen-bond acceptors (Lipinski definition) is 7. The molecule has 1 aromatic heterocycles. The second-order valence-electron chi connectivity index (χ2n) is 5.62. The van der Waals surface area contributed by atoms with Gasteiger partial charge in [0.25, 0.3) is 0 Å². The van der Waals surface area contributed by atoms with Crippen LogP contribution in [0.5, 0.6) is 5.75 Å². The first kappa shape index (κ1) is 18.5. The molecule has 1 unspecified atom stereocenters. The number of unbranched alkanes of at least 4 members (excludes halogenated alkanes) is 1. The minimum Gasteiger partial charge on any atom is -0.493 e. The van der Waals surface area contributed by atoms with Gasteiger partial charge in [-0.1, -0.05) is 66.4 Å². The van der Waals surface area contributed by atoms with E-state index in [2.05, 4.69) is 22.4 Å². The number of carbonyl (C=O) groups excluding carboxylic acids is 1. The molecular weight excluding hydrogens is 374 g/mol. The Morgan fingerprint density at radius 2 is 2.12 bits per heavy atom. The first-order chi connectivity index (χ1) is 12.3. The Bertz CT molecular complexity index is 708. The average molecular weight is 396 g/mol. The van der Waals surface area contributed by atoms with E-state index in [0.29, 0.717) is 12.4 Å². The number of benzene rings is 1. The summed E-state index contributed by atoms with van der Waals surface area (Å²) in [4.78, 5) is 12.3. The number of hydrogen-bond donors (Lipinski definition) is 1. The van der Waals surface area contributed by atoms with Crippen molar-refractivity contribution in [2.24, 2.45) is 0 Å². The maximum absolute atomic E-state index is 12.3. The Balaban J connectivity index is 1.47. The molecule has 1 N–H and O–H groups in total. The molecule has 5 nitrogen and oxygen atoms in total. The number of thioether (sulfide) groups is 2. The van der Waals surface area contributed by atoms with Gasteiger partial charge in [-0.15, -0.1) is 10.2 Å². The predicted octanol–water partition coefficient (Wildman–Crippen LogP) is 4.16. The molecule has 1 aromatic carbocycles. The van der Waals surface area contributed by atoms with Gasteiger partial charge in [0.05, 0.1) is 18.4 Å². The zero-order valence-corrected chi connectivity index (χ0v) is 16.5. The molecule has 2 heterocycles. The van der Waals surface area contributed by atoms with Crippen molar-refractivity contribution in [2.45, 2.75) is 40.9 Å². The van der Waals surface area contributed by atoms with Crippen molar-refractivity contribution in [3.8, 4) is 5.75 Å². The topological polar surface area (TPSA) is 64.1 Å². The molecule has 1 atom stereocenters. The van der Waals surface area contributed by atoms with Gasteiger partial charge in [-0.2, -0.15) is 0 Å². The standard InChI is InChI=1S/C17H21N3O2S3/c1-2-3-10-23-16-19-20-17(25-16)24-11-15(21)18-13-8-9-22-14-7-5-4-6-12(13)14/h4-7,13H,2-3,8-11H2,1H3,(H,18,21). The second-order valence-corrected chi connectivity index (χ2v) is 9.16. The van der Waals surface area contributed by atoms with E-state index in [0.717, 1.165) is 32.2 Å². The van der Waals surface area contributed by atoms with Crippen LogP contribution < -0.4 is 10.1 Å². The summed E-state index contributed by atoms with van der Waals surface area (Å²) in [6.07, 6.45) is 3.16. The van der Waals surface area contributed by atoms with Gasteiger partial charge in [-0.25, -0.2) is 0 Å². The van der Waals surface area contributed by atoms with Crippen LogP contribution in [-0.2, 0) is 4.79 Å². The van der Waals surface area contributed by atoms with Crippen LogP contribution in [0.25, 0.3) is 0 Å². The van der Waals surface area contributed by atoms with Crippen LogP contribution in [0, 0.1) is 0 Å². The first-order valence-electron chi connectivity index (χ1n) is 8.36. The number of nitrogens with zero attached hydrogens (tertiary/aromatic N) is 2. The molecule has 1 aliphatic rings. The summed E-state index contributed by atoms with van der Waals surface area (Å²) < 4.78 is 7.46. The third-order valence-corrected chi connectivity index (χ3v) is 7.01. The molecule has 0 saturated heterocycles. The molecule has 25 heavy (non-hydrogen) atoms. The van der Waals surface area contributed by atoms with Gasteiger partial charge in [0.2, 0.25) is 5.91 Å². The van der Waals surface area contributed by atoms with Crippen molar-refractivity contribution in [1.82, 2.24) is 15.5 Å². The highest BCUT2D eigenvalue weighted by atomic mass is 32.2. The molecule has 1 aliphatic heterocycles. The molecule has 0 spiro atoms. The summed E-state index contributed by atoms with van der Waals surface area (Å²) in [6.45, 7) is 2.81. The summed E-state index contributed by atoms with van der Waals surface area (Å²) in [6, 6.07) is 7.90. The number of ether oxygens (including phenoxy) is 1. The largest absolute Gasteiger partial charge is 0.493 e. The van der Waals surface area contributed by atoms with E-state index in [1.807, 2.05) is 24.3 Å². The number of amides is 1. The van der Waals surface area contributed by atoms with Crippen molar-refractivity contribution < 1.29 is 9.53 Å². The van der Waals surface area contributed by atoms with Crippen LogP contribution in [0.1, 0.15) is 37.8 Å². The van der Waals surface area contributed by atoms with Crippen molar-refractivity contribution in [3.63, 3.8) is 0 Å². The maximum atomic E-state index is 12.3. The molecule has 0 saturated carbocycles. The number of carbonyl (C=O) groups is 1. The van der Waals surface area contributed by atoms with E-state index in [4.69, 9.17) is 4.74 Å². The van der Waals surface area contributed by atoms with E-state index in [-0.39, 0.29) is 11.9 Å². The van der Waals surface area contributed by atoms with Gasteiger partial charge in [0, 0.05) is 17.7 Å². The lowest BCUT2D eigenvalue weighted by Gasteiger charge is -2.26. The van der Waals surface area contributed by atoms with Crippen LogP contribution in [0.15, 0.2) is 32.9 Å². The Kier molecular flexibility index (Phi) is 7.01. The van der Waals surface area contributed by atoms with E-state index in [1.54, 1.807) is 23.1 Å². The summed E-state index contributed by atoms with van der Waals surface area (Å²) in [5.74, 6) is 2.31. The van der Waals surface area contributed by atoms with Gasteiger partial charge in [-0.3, -0.25) is 4.79 Å². The zero-order valence-electron chi connectivity index (χ0n) is 14.1. The fraction of sp³-hybridized carbons (Fsp3) is 0.471. The molecule has 0 aliphatic carbocycles. The molecule has 3 rings (SSSR count). The van der Waals surface area contributed by atoms with E-state index < -0.39 is 0 Å². The van der Waals surface area contributed by atoms with Gasteiger partial charge in [-0.05, 0) is 12.5 Å². The summed E-state index contributed by atoms with van der Waals surface area (Å²) >= 11 is 4.75. The van der Waals surface area contributed by atoms with Crippen molar-refractivity contribution in [1.29, 1.82) is 0 Å². The van der Waals surface area contributed by atoms with Crippen LogP contribution in [0.2, 0.25) is 0 Å². The molecule has 1 amide bonds. The average Bonchev–Trinajstić information content (AvgIpc) is 3.08. The van der Waals surface area contributed by atoms with Crippen molar-refractivity contribution in [2.75, 3.05) is 18.1 Å². The van der Waals surface area contributed by atoms with Crippen molar-refractivity contribution >= 4 is 40.8 Å². The molecule has 8 heteroatoms. The fourth-order valence-electron chi connectivity index (χ4n) is 2.47. The highest BCUT2D eigenvalue weighted by molar-refractivity contribution is 8.03. The minimum absolute atomic E-state index is 0.0158. The molecule has 0 radical (unpaired) electrons. The van der Waals surface area contributed by atoms with Gasteiger partial charge < -0.3 is 10.1 Å². The normalized spacial score (nSPS) is 16.1. The zero-order chi connectivity index (χ0) is 17.5. The SMILES string of the molecule is CCCCSc1nnc(SCC(=O)NC2CCOc3ccccc32)s1. The van der Waals surface area contributed by atoms with Crippen LogP contribution in [0.3, 0.4) is 0 Å². The Hall–Kier alpha value is -1.25. The number of aromatic nitrogens is 2.